The van der Waals surface area contributed by atoms with Crippen molar-refractivity contribution in [2.75, 3.05) is 19.0 Å². The first-order valence-corrected chi connectivity index (χ1v) is 7.95. The third-order valence-electron chi connectivity index (χ3n) is 4.29. The van der Waals surface area contributed by atoms with E-state index in [1.807, 2.05) is 0 Å². The Hall–Kier alpha value is -1.83. The Labute approximate surface area is 135 Å². The van der Waals surface area contributed by atoms with E-state index >= 15 is 0 Å². The Balaban J connectivity index is 2.30. The van der Waals surface area contributed by atoms with Crippen molar-refractivity contribution in [1.29, 1.82) is 0 Å². The highest BCUT2D eigenvalue weighted by Gasteiger charge is 2.17. The lowest BCUT2D eigenvalue weighted by atomic mass is 9.84. The SMILES string of the molecule is Cc1cc(C(C)(C)C)cc(C)c1C[n+]1ccc(N(C)C)cc1. The smallest absolute Gasteiger partial charge is 0.174 e. The number of hydrogen-bond acceptors (Lipinski definition) is 1. The van der Waals surface area contributed by atoms with Crippen LogP contribution in [0.1, 0.15) is 43.0 Å². The van der Waals surface area contributed by atoms with E-state index in [1.165, 1.54) is 27.9 Å². The molecule has 0 amide bonds. The Bertz CT molecular complexity index is 623. The van der Waals surface area contributed by atoms with Crippen LogP contribution in [0.2, 0.25) is 0 Å². The molecule has 0 spiro atoms. The van der Waals surface area contributed by atoms with Crippen molar-refractivity contribution in [3.63, 3.8) is 0 Å². The van der Waals surface area contributed by atoms with Gasteiger partial charge in [0.1, 0.15) is 0 Å². The lowest BCUT2D eigenvalue weighted by Gasteiger charge is -2.21. The van der Waals surface area contributed by atoms with Gasteiger partial charge in [0.15, 0.2) is 18.9 Å². The van der Waals surface area contributed by atoms with Crippen molar-refractivity contribution in [3.8, 4) is 0 Å². The zero-order valence-electron chi connectivity index (χ0n) is 15.1. The maximum atomic E-state index is 2.34. The van der Waals surface area contributed by atoms with Crippen LogP contribution in [-0.4, -0.2) is 14.1 Å². The van der Waals surface area contributed by atoms with Crippen molar-refractivity contribution in [2.45, 2.75) is 46.6 Å². The van der Waals surface area contributed by atoms with Crippen LogP contribution in [-0.2, 0) is 12.0 Å². The molecule has 0 saturated carbocycles. The first-order valence-electron chi connectivity index (χ1n) is 7.95. The van der Waals surface area contributed by atoms with Gasteiger partial charge in [0.05, 0.1) is 0 Å². The van der Waals surface area contributed by atoms with Crippen LogP contribution in [0.3, 0.4) is 0 Å². The number of nitrogens with zero attached hydrogens (tertiary/aromatic N) is 2. The summed E-state index contributed by atoms with van der Waals surface area (Å²) in [5.41, 5.74) is 7.04. The third-order valence-corrected chi connectivity index (χ3v) is 4.29. The second-order valence-corrected chi connectivity index (χ2v) is 7.46. The summed E-state index contributed by atoms with van der Waals surface area (Å²) < 4.78 is 2.25. The Kier molecular flexibility index (Phi) is 4.60. The molecule has 0 radical (unpaired) electrons. The molecular formula is C20H29N2+. The number of hydrogen-bond donors (Lipinski definition) is 0. The number of benzene rings is 1. The fourth-order valence-electron chi connectivity index (χ4n) is 2.71. The lowest BCUT2D eigenvalue weighted by Crippen LogP contribution is -2.34. The number of rotatable bonds is 3. The normalized spacial score (nSPS) is 11.6. The van der Waals surface area contributed by atoms with Crippen LogP contribution in [0.4, 0.5) is 5.69 Å². The van der Waals surface area contributed by atoms with Crippen molar-refractivity contribution in [2.24, 2.45) is 0 Å². The summed E-state index contributed by atoms with van der Waals surface area (Å²) in [4.78, 5) is 2.12. The van der Waals surface area contributed by atoms with Crippen LogP contribution >= 0.6 is 0 Å². The second kappa shape index (κ2) is 6.12. The minimum absolute atomic E-state index is 0.203. The predicted octanol–water partition coefficient (Wildman–Crippen LogP) is 4.00. The van der Waals surface area contributed by atoms with Crippen LogP contribution in [0.25, 0.3) is 0 Å². The topological polar surface area (TPSA) is 7.12 Å². The highest BCUT2D eigenvalue weighted by Crippen LogP contribution is 2.26. The van der Waals surface area contributed by atoms with Crippen LogP contribution in [0.15, 0.2) is 36.7 Å². The molecule has 2 heteroatoms. The number of pyridine rings is 1. The van der Waals surface area contributed by atoms with Crippen molar-refractivity contribution < 1.29 is 4.57 Å². The summed E-state index contributed by atoms with van der Waals surface area (Å²) in [7, 11) is 4.14. The summed E-state index contributed by atoms with van der Waals surface area (Å²) in [5.74, 6) is 0. The average molecular weight is 297 g/mol. The number of anilines is 1. The summed E-state index contributed by atoms with van der Waals surface area (Å²) in [5, 5.41) is 0. The molecule has 2 aromatic rings. The summed E-state index contributed by atoms with van der Waals surface area (Å²) in [6, 6.07) is 9.01. The van der Waals surface area contributed by atoms with Gasteiger partial charge in [-0.05, 0) is 36.0 Å². The molecule has 1 aromatic carbocycles. The van der Waals surface area contributed by atoms with E-state index in [1.54, 1.807) is 0 Å². The van der Waals surface area contributed by atoms with Gasteiger partial charge in [-0.25, -0.2) is 4.57 Å². The average Bonchev–Trinajstić information content (AvgIpc) is 2.42. The summed E-state index contributed by atoms with van der Waals surface area (Å²) in [6.45, 7) is 12.2. The highest BCUT2D eigenvalue weighted by atomic mass is 15.1. The van der Waals surface area contributed by atoms with Crippen molar-refractivity contribution in [1.82, 2.24) is 0 Å². The summed E-state index contributed by atoms with van der Waals surface area (Å²) >= 11 is 0. The van der Waals surface area contributed by atoms with Gasteiger partial charge in [-0.3, -0.25) is 0 Å². The number of aryl methyl sites for hydroxylation is 2. The zero-order chi connectivity index (χ0) is 16.5. The van der Waals surface area contributed by atoms with E-state index in [-0.39, 0.29) is 5.41 Å². The minimum atomic E-state index is 0.203. The molecule has 0 aliphatic heterocycles. The van der Waals surface area contributed by atoms with E-state index in [4.69, 9.17) is 0 Å². The van der Waals surface area contributed by atoms with E-state index < -0.39 is 0 Å². The molecule has 0 fully saturated rings. The molecule has 0 saturated heterocycles. The largest absolute Gasteiger partial charge is 0.377 e. The Morgan fingerprint density at radius 3 is 1.86 bits per heavy atom. The van der Waals surface area contributed by atoms with Crippen LogP contribution < -0.4 is 9.47 Å². The van der Waals surface area contributed by atoms with E-state index in [9.17, 15) is 0 Å². The minimum Gasteiger partial charge on any atom is -0.377 e. The molecule has 118 valence electrons. The molecular weight excluding hydrogens is 268 g/mol. The van der Waals surface area contributed by atoms with Crippen molar-refractivity contribution in [3.05, 3.63) is 58.9 Å². The standard InChI is InChI=1S/C20H29N2/c1-15-12-17(20(3,4)5)13-16(2)19(15)14-22-10-8-18(9-11-22)21(6)7/h8-13H,14H2,1-7H3/q+1. The highest BCUT2D eigenvalue weighted by molar-refractivity contribution is 5.42. The lowest BCUT2D eigenvalue weighted by molar-refractivity contribution is -0.688. The van der Waals surface area contributed by atoms with Gasteiger partial charge in [-0.2, -0.15) is 0 Å². The molecule has 1 heterocycles. The predicted molar refractivity (Wildman–Crippen MR) is 94.7 cm³/mol. The van der Waals surface area contributed by atoms with Gasteiger partial charge < -0.3 is 4.90 Å². The molecule has 0 atom stereocenters. The molecule has 2 nitrogen and oxygen atoms in total. The van der Waals surface area contributed by atoms with Gasteiger partial charge in [-0.1, -0.05) is 32.9 Å². The fourth-order valence-corrected chi connectivity index (χ4v) is 2.71. The maximum absolute atomic E-state index is 2.34. The van der Waals surface area contributed by atoms with E-state index in [2.05, 4.69) is 94.8 Å². The maximum Gasteiger partial charge on any atom is 0.174 e. The molecule has 1 aromatic heterocycles. The van der Waals surface area contributed by atoms with Gasteiger partial charge in [0.25, 0.3) is 0 Å². The van der Waals surface area contributed by atoms with E-state index in [0.29, 0.717) is 0 Å². The zero-order valence-corrected chi connectivity index (χ0v) is 15.1. The molecule has 0 unspecified atom stereocenters. The first kappa shape index (κ1) is 16.5. The van der Waals surface area contributed by atoms with Gasteiger partial charge >= 0.3 is 0 Å². The molecule has 2 rings (SSSR count). The number of aromatic nitrogens is 1. The quantitative estimate of drug-likeness (QED) is 0.777. The van der Waals surface area contributed by atoms with Gasteiger partial charge in [0, 0.05) is 37.5 Å². The molecule has 0 bridgehead atoms. The second-order valence-electron chi connectivity index (χ2n) is 7.46. The monoisotopic (exact) mass is 297 g/mol. The third kappa shape index (κ3) is 3.68. The first-order chi connectivity index (χ1) is 10.2. The summed E-state index contributed by atoms with van der Waals surface area (Å²) in [6.07, 6.45) is 4.32. The van der Waals surface area contributed by atoms with Crippen molar-refractivity contribution >= 4 is 5.69 Å². The van der Waals surface area contributed by atoms with Crippen LogP contribution in [0.5, 0.6) is 0 Å². The fraction of sp³-hybridized carbons (Fsp3) is 0.450. The van der Waals surface area contributed by atoms with Gasteiger partial charge in [-0.15, -0.1) is 0 Å². The molecule has 0 aliphatic carbocycles. The Morgan fingerprint density at radius 1 is 0.955 bits per heavy atom. The Morgan fingerprint density at radius 2 is 1.45 bits per heavy atom. The van der Waals surface area contributed by atoms with Crippen LogP contribution in [0, 0.1) is 13.8 Å². The van der Waals surface area contributed by atoms with E-state index in [0.717, 1.165) is 6.54 Å². The molecule has 0 N–H and O–H groups in total. The molecule has 0 aliphatic rings. The van der Waals surface area contributed by atoms with Gasteiger partial charge in [0.2, 0.25) is 0 Å². The molecule has 22 heavy (non-hydrogen) atoms.